The molecule has 146 heavy (non-hydrogen) atoms. The van der Waals surface area contributed by atoms with E-state index in [1.807, 2.05) is 79.1 Å². The molecule has 5 aliphatic rings. The molecule has 1 aliphatic carbocycles. The molecule has 7 heterocycles. The number of hydrogen-bond acceptors (Lipinski definition) is 31. The zero-order valence-electron chi connectivity index (χ0n) is 82.5. The summed E-state index contributed by atoms with van der Waals surface area (Å²) in [5.74, 6) is -1.30. The monoisotopic (exact) mass is 2080 g/mol. The number of carbonyl (C=O) groups is 13. The van der Waals surface area contributed by atoms with E-state index in [1.54, 1.807) is 122 Å². The first-order valence-corrected chi connectivity index (χ1v) is 53.7. The van der Waals surface area contributed by atoms with Crippen molar-refractivity contribution in [3.05, 3.63) is 173 Å². The molecule has 3 fully saturated rings. The number of anilines is 4. The molecule has 0 spiro atoms. The number of aliphatic hydroxyl groups excluding tert-OH is 3. The fourth-order valence-electron chi connectivity index (χ4n) is 17.8. The Hall–Kier alpha value is -12.9. The van der Waals surface area contributed by atoms with E-state index in [4.69, 9.17) is 30.7 Å². The summed E-state index contributed by atoms with van der Waals surface area (Å²) < 4.78 is 20.2. The van der Waals surface area contributed by atoms with Crippen molar-refractivity contribution in [3.8, 4) is 28.8 Å². The van der Waals surface area contributed by atoms with E-state index in [0.29, 0.717) is 124 Å². The minimum absolute atomic E-state index is 0.0227. The molecule has 13 rings (SSSR count). The molecular weight excluding hydrogens is 1950 g/mol. The summed E-state index contributed by atoms with van der Waals surface area (Å²) in [6, 6.07) is 20.7. The first-order chi connectivity index (χ1) is 70.3. The Morgan fingerprint density at radius 3 is 2.17 bits per heavy atom. The first kappa shape index (κ1) is 110. The Morgan fingerprint density at radius 1 is 0.753 bits per heavy atom. The van der Waals surface area contributed by atoms with Gasteiger partial charge in [0.15, 0.2) is 5.82 Å². The number of likely N-dealkylation sites (N-methyl/N-ethyl adjacent to an activating group) is 2. The Labute approximate surface area is 861 Å². The molecule has 15 atom stereocenters. The lowest BCUT2D eigenvalue weighted by atomic mass is 9.90. The number of fused-ring (bicyclic) bond motifs is 3. The number of ether oxygens (including phenoxy) is 3. The fraction of sp³-hybridized carbons (Fsp3) is 0.475. The van der Waals surface area contributed by atoms with Crippen molar-refractivity contribution in [3.63, 3.8) is 0 Å². The van der Waals surface area contributed by atoms with Crippen LogP contribution in [0.25, 0.3) is 22.2 Å². The van der Waals surface area contributed by atoms with Gasteiger partial charge in [0.05, 0.1) is 75.3 Å². The average Bonchev–Trinajstić information content (AvgIpc) is 1.31. The number of piperidine rings is 1. The highest BCUT2D eigenvalue weighted by atomic mass is 33.1. The zero-order chi connectivity index (χ0) is 104. The number of imide groups is 1. The first-order valence-electron chi connectivity index (χ1n) is 48.9. The van der Waals surface area contributed by atoms with Gasteiger partial charge < -0.3 is 113 Å². The summed E-state index contributed by atoms with van der Waals surface area (Å²) in [4.78, 5) is 205. The molecule has 18 N–H and O–H groups in total. The molecule has 0 bridgehead atoms. The molecule has 45 heteroatoms. The molecule has 4 unspecified atom stereocenters. The quantitative estimate of drug-likeness (QED) is 0.0108. The third kappa shape index (κ3) is 28.9. The number of hydrogen-bond donors (Lipinski definition) is 16. The van der Waals surface area contributed by atoms with Crippen molar-refractivity contribution < 1.29 is 91.9 Å². The number of amides is 13. The van der Waals surface area contributed by atoms with Gasteiger partial charge in [0.1, 0.15) is 77.6 Å². The van der Waals surface area contributed by atoms with Gasteiger partial charge in [0.2, 0.25) is 70.9 Å². The van der Waals surface area contributed by atoms with Gasteiger partial charge in [0.25, 0.3) is 5.91 Å². The van der Waals surface area contributed by atoms with Crippen LogP contribution in [0.2, 0.25) is 0 Å². The molecule has 780 valence electrons. The highest BCUT2D eigenvalue weighted by Gasteiger charge is 2.44. The second-order valence-corrected chi connectivity index (χ2v) is 42.1. The summed E-state index contributed by atoms with van der Waals surface area (Å²) >= 11 is 0. The number of H-pyrrole nitrogens is 1. The number of aliphatic hydroxyl groups is 3. The Kier molecular flexibility index (Phi) is 40.0. The molecule has 3 aromatic heterocycles. The van der Waals surface area contributed by atoms with Gasteiger partial charge in [-0.1, -0.05) is 158 Å². The van der Waals surface area contributed by atoms with Crippen LogP contribution in [-0.2, 0) is 88.0 Å². The third-order valence-electron chi connectivity index (χ3n) is 26.4. The number of aromatic nitrogens is 6. The smallest absolute Gasteiger partial charge is 0.410 e. The van der Waals surface area contributed by atoms with Crippen LogP contribution >= 0.6 is 43.2 Å². The van der Waals surface area contributed by atoms with Gasteiger partial charge >= 0.3 is 6.09 Å². The Balaban J connectivity index is 0.689. The van der Waals surface area contributed by atoms with E-state index in [-0.39, 0.29) is 131 Å². The number of aromatic amines is 1. The van der Waals surface area contributed by atoms with Gasteiger partial charge in [-0.3, -0.25) is 62.9 Å². The largest absolute Gasteiger partial charge is 0.495 e. The van der Waals surface area contributed by atoms with Crippen LogP contribution in [0.1, 0.15) is 149 Å². The minimum Gasteiger partial charge on any atom is -0.495 e. The molecule has 2 saturated heterocycles. The number of methoxy groups -OCH3 is 1. The van der Waals surface area contributed by atoms with Crippen molar-refractivity contribution in [1.82, 2.24) is 87.6 Å². The SMILES string of the molecule is CC[C@@H]1C(=O)N(C)c2cnc(Nc3ccc(-c4cn([C@H]5CC[C@@H](N(CCOCCC#Cc6cccc7c6CN(C6CCC(=O)NC6=O)C7=O)C(=O)OC(C)C(C)SSC[C@H](N)C(=O)N[C@H](Cc6ccccc6)C(=O)N[C@H]6CSSC[C@@H](C(=O)N[C@H](CO)[C@@H](C)O)NC(=O)C([C@@H](C)O)NC(=O)[C@H](CCCCN)NC(=O)[C@@H](Cc7c[nH]c8ccccc78)NC(=O)[C@H](Cc7ccccc7)NC6=O)CC5)nn4)cc3OC)nc2N1C. The summed E-state index contributed by atoms with van der Waals surface area (Å²) in [5.41, 5.74) is 19.4. The zero-order valence-corrected chi connectivity index (χ0v) is 85.8. The van der Waals surface area contributed by atoms with Crippen LogP contribution in [0.4, 0.5) is 27.9 Å². The van der Waals surface area contributed by atoms with E-state index in [1.165, 1.54) is 40.3 Å². The van der Waals surface area contributed by atoms with Crippen molar-refractivity contribution in [2.75, 3.05) is 86.5 Å². The van der Waals surface area contributed by atoms with E-state index in [0.717, 1.165) is 27.2 Å². The van der Waals surface area contributed by atoms with Crippen LogP contribution in [0.5, 0.6) is 5.75 Å². The van der Waals surface area contributed by atoms with E-state index < -0.39 is 150 Å². The number of benzene rings is 5. The topological polar surface area (TPSA) is 568 Å². The highest BCUT2D eigenvalue weighted by molar-refractivity contribution is 8.77. The van der Waals surface area contributed by atoms with Crippen LogP contribution in [-0.4, -0.2) is 299 Å². The van der Waals surface area contributed by atoms with Crippen LogP contribution in [0, 0.1) is 11.8 Å². The number of para-hydroxylation sites is 1. The maximum atomic E-state index is 15.5. The van der Waals surface area contributed by atoms with Crippen molar-refractivity contribution in [1.29, 1.82) is 0 Å². The molecule has 4 aliphatic heterocycles. The summed E-state index contributed by atoms with van der Waals surface area (Å²) in [6.45, 7) is 8.22. The molecule has 0 radical (unpaired) electrons. The van der Waals surface area contributed by atoms with Gasteiger partial charge in [-0.15, -0.1) is 5.10 Å². The highest BCUT2D eigenvalue weighted by Crippen LogP contribution is 2.40. The number of unbranched alkanes of at least 4 members (excludes halogenated alkanes) is 1. The minimum atomic E-state index is -1.76. The molecule has 13 amide bonds. The van der Waals surface area contributed by atoms with Gasteiger partial charge in [-0.2, -0.15) is 4.98 Å². The third-order valence-corrected chi connectivity index (χ3v) is 31.9. The van der Waals surface area contributed by atoms with Gasteiger partial charge in [-0.05, 0) is 145 Å². The van der Waals surface area contributed by atoms with Crippen molar-refractivity contribution in [2.45, 2.75) is 233 Å². The lowest BCUT2D eigenvalue weighted by Crippen LogP contribution is -2.62. The van der Waals surface area contributed by atoms with Crippen molar-refractivity contribution in [2.24, 2.45) is 11.5 Å². The fourth-order valence-corrected chi connectivity index (χ4v) is 22.7. The van der Waals surface area contributed by atoms with Gasteiger partial charge in [0, 0.05) is 122 Å². The predicted octanol–water partition coefficient (Wildman–Crippen LogP) is 4.67. The normalized spacial score (nSPS) is 21.8. The van der Waals surface area contributed by atoms with Crippen LogP contribution in [0.3, 0.4) is 0 Å². The van der Waals surface area contributed by atoms with E-state index in [9.17, 15) is 58.5 Å². The summed E-state index contributed by atoms with van der Waals surface area (Å²) in [7, 11) is 9.54. The maximum absolute atomic E-state index is 15.5. The molecular formula is C101H128N22O19S4. The Bertz CT molecular complexity index is 6010. The molecule has 5 aromatic carbocycles. The van der Waals surface area contributed by atoms with Crippen LogP contribution < -0.4 is 79.2 Å². The molecule has 41 nitrogen and oxygen atoms in total. The number of rotatable bonds is 38. The molecule has 1 saturated carbocycles. The standard InChI is InChI=1S/C101H128N22O19S4/c1-9-82-99(138)120(7)84-50-105-100(116-88(84)119(82)6)113-73-38-33-64(48-85(73)140-8)78-52-123(118-117-78)67-36-34-66(35-37-67)121(42-44-141-43-21-19-27-63-28-22-30-69-70(63)51-122(98(69)137)83-39-40-86(127)114-96(83)135)101(139)142-59(4)60(5)146-145-54-71(103)89(128)107-75(45-61-23-12-10-13-24-61)92(131)111-80-55-143-144-56-81(95(134)110-79(53-124)57(2)125)112-97(136)87(58(3)126)115-90(129)74(32-18-20-41-102)106-93(132)77(47-65-49-104-72-31-17-16-29-68(65)72)109-91(130)76(108-94(80)133)46-62-25-14-11-15-26-62/h10-17,22-26,28-31,33,38,48-50,52,57-60,66-67,71,74-77,79-83,87,104,124-126H,9,18,20-21,32,34-37,39-47,51,53-56,102-103H2,1-8H3,(H,106,132)(H,107,128)(H,108,133)(H,109,130)(H,110,134)(H,111,131)(H,112,136)(H,115,129)(H,105,113,116)(H,114,127,135)/t57-,58-,59?,60?,66-,67+,71+,74+,75-,76+,77-,79-,80+,81+,82-,83?,87?/m1/s1. The van der Waals surface area contributed by atoms with Crippen LogP contribution in [0.15, 0.2) is 140 Å². The Morgan fingerprint density at radius 2 is 1.46 bits per heavy atom. The molecule has 8 aromatic rings. The number of carbonyl (C=O) groups excluding carboxylic acids is 13. The summed E-state index contributed by atoms with van der Waals surface area (Å²) in [6.07, 6.45) is 4.70. The lowest BCUT2D eigenvalue weighted by Gasteiger charge is -2.37. The van der Waals surface area contributed by atoms with E-state index in [2.05, 4.69) is 85.3 Å². The predicted molar refractivity (Wildman–Crippen MR) is 555 cm³/mol. The second kappa shape index (κ2) is 52.9. The average molecular weight is 2080 g/mol. The number of nitrogens with one attached hydrogen (secondary N) is 11. The lowest BCUT2D eigenvalue weighted by molar-refractivity contribution is -0.137. The number of nitrogens with zero attached hydrogens (tertiary/aromatic N) is 9. The second-order valence-electron chi connectivity index (χ2n) is 36.7. The summed E-state index contributed by atoms with van der Waals surface area (Å²) in [5, 5.41) is 68.9. The van der Waals surface area contributed by atoms with Gasteiger partial charge in [-0.25, -0.2) is 14.5 Å². The van der Waals surface area contributed by atoms with E-state index >= 15 is 19.2 Å². The van der Waals surface area contributed by atoms with Crippen molar-refractivity contribution >= 4 is 154 Å². The number of nitrogens with two attached hydrogens (primary N) is 2. The maximum Gasteiger partial charge on any atom is 0.410 e.